The lowest BCUT2D eigenvalue weighted by Crippen LogP contribution is -2.16. The van der Waals surface area contributed by atoms with Crippen LogP contribution in [0.5, 0.6) is 0 Å². The average molecular weight is 386 g/mol. The summed E-state index contributed by atoms with van der Waals surface area (Å²) < 4.78 is 5.18. The number of anilines is 1. The molecule has 7 heteroatoms. The van der Waals surface area contributed by atoms with Crippen molar-refractivity contribution in [3.8, 4) is 0 Å². The van der Waals surface area contributed by atoms with Crippen molar-refractivity contribution >= 4 is 40.2 Å². The van der Waals surface area contributed by atoms with E-state index in [0.717, 1.165) is 22.5 Å². The number of hydrogen-bond acceptors (Lipinski definition) is 5. The Morgan fingerprint density at radius 2 is 1.78 bits per heavy atom. The third-order valence-electron chi connectivity index (χ3n) is 3.66. The fourth-order valence-electron chi connectivity index (χ4n) is 2.36. The van der Waals surface area contributed by atoms with E-state index in [1.807, 2.05) is 31.2 Å². The molecule has 0 saturated heterocycles. The van der Waals surface area contributed by atoms with Crippen molar-refractivity contribution in [3.05, 3.63) is 57.5 Å². The molecule has 1 aromatic heterocycles. The number of amides is 2. The number of nitrogens with one attached hydrogen (secondary N) is 1. The molecular weight excluding hydrogens is 364 g/mol. The Hall–Kier alpha value is -2.93. The van der Waals surface area contributed by atoms with E-state index in [0.29, 0.717) is 5.56 Å². The number of primary amides is 1. The highest BCUT2D eigenvalue weighted by molar-refractivity contribution is 7.18. The molecule has 2 amide bonds. The molecule has 3 N–H and O–H groups in total. The number of thiophene rings is 1. The van der Waals surface area contributed by atoms with E-state index < -0.39 is 17.8 Å². The van der Waals surface area contributed by atoms with Crippen LogP contribution >= 0.6 is 11.3 Å². The van der Waals surface area contributed by atoms with Gasteiger partial charge in [0.1, 0.15) is 9.88 Å². The van der Waals surface area contributed by atoms with E-state index in [-0.39, 0.29) is 21.5 Å². The van der Waals surface area contributed by atoms with Crippen LogP contribution in [0.4, 0.5) is 5.00 Å². The smallest absolute Gasteiger partial charge is 0.348 e. The van der Waals surface area contributed by atoms with E-state index in [2.05, 4.69) is 5.32 Å². The monoisotopic (exact) mass is 386 g/mol. The Kier molecular flexibility index (Phi) is 6.52. The molecule has 6 nitrogen and oxygen atoms in total. The molecule has 0 radical (unpaired) electrons. The second kappa shape index (κ2) is 8.64. The molecule has 2 aromatic rings. The first-order valence-corrected chi connectivity index (χ1v) is 9.20. The number of aryl methyl sites for hydroxylation is 1. The van der Waals surface area contributed by atoms with Gasteiger partial charge in [-0.15, -0.1) is 11.3 Å². The van der Waals surface area contributed by atoms with E-state index in [1.54, 1.807) is 26.8 Å². The van der Waals surface area contributed by atoms with Crippen molar-refractivity contribution in [3.63, 3.8) is 0 Å². The van der Waals surface area contributed by atoms with Crippen molar-refractivity contribution < 1.29 is 19.1 Å². The highest BCUT2D eigenvalue weighted by atomic mass is 32.1. The van der Waals surface area contributed by atoms with E-state index >= 15 is 0 Å². The maximum Gasteiger partial charge on any atom is 0.348 e. The molecule has 0 aliphatic rings. The second-order valence-electron chi connectivity index (χ2n) is 6.31. The largest absolute Gasteiger partial charge is 0.459 e. The molecule has 0 spiro atoms. The molecule has 1 aromatic carbocycles. The standard InChI is InChI=1S/C20H22N2O4S/c1-11(2)26-20(25)17-13(4)16(18(21)24)19(27-17)22-15(23)10-9-14-7-5-12(3)6-8-14/h5-11H,1-4H3,(H2,21,24)(H,22,23)/b10-9+. The molecule has 27 heavy (non-hydrogen) atoms. The quantitative estimate of drug-likeness (QED) is 0.584. The van der Waals surface area contributed by atoms with Gasteiger partial charge in [0.15, 0.2) is 0 Å². The number of rotatable bonds is 6. The molecule has 0 unspecified atom stereocenters. The minimum Gasteiger partial charge on any atom is -0.459 e. The summed E-state index contributed by atoms with van der Waals surface area (Å²) in [6.45, 7) is 7.04. The SMILES string of the molecule is Cc1ccc(/C=C/C(=O)Nc2sc(C(=O)OC(C)C)c(C)c2C(N)=O)cc1. The molecule has 0 fully saturated rings. The van der Waals surface area contributed by atoms with Gasteiger partial charge in [-0.1, -0.05) is 29.8 Å². The number of nitrogens with two attached hydrogens (primary N) is 1. The van der Waals surface area contributed by atoms with Gasteiger partial charge in [0.2, 0.25) is 5.91 Å². The van der Waals surface area contributed by atoms with Gasteiger partial charge in [-0.3, -0.25) is 9.59 Å². The fourth-order valence-corrected chi connectivity index (χ4v) is 3.46. The van der Waals surface area contributed by atoms with E-state index in [1.165, 1.54) is 6.08 Å². The van der Waals surface area contributed by atoms with Crippen LogP contribution in [-0.4, -0.2) is 23.9 Å². The lowest BCUT2D eigenvalue weighted by molar-refractivity contribution is -0.111. The van der Waals surface area contributed by atoms with Crippen LogP contribution in [0.1, 0.15) is 50.6 Å². The maximum atomic E-state index is 12.2. The van der Waals surface area contributed by atoms with Gasteiger partial charge in [0, 0.05) is 6.08 Å². The predicted molar refractivity (Wildman–Crippen MR) is 107 cm³/mol. The van der Waals surface area contributed by atoms with Gasteiger partial charge in [0.25, 0.3) is 5.91 Å². The maximum absolute atomic E-state index is 12.2. The van der Waals surface area contributed by atoms with Gasteiger partial charge in [-0.2, -0.15) is 0 Å². The van der Waals surface area contributed by atoms with Gasteiger partial charge in [-0.05, 0) is 44.9 Å². The number of carbonyl (C=O) groups excluding carboxylic acids is 3. The summed E-state index contributed by atoms with van der Waals surface area (Å²) in [4.78, 5) is 36.5. The minimum atomic E-state index is -0.717. The number of carbonyl (C=O) groups is 3. The van der Waals surface area contributed by atoms with Crippen LogP contribution in [-0.2, 0) is 9.53 Å². The summed E-state index contributed by atoms with van der Waals surface area (Å²) in [6.07, 6.45) is 2.72. The zero-order valence-electron chi connectivity index (χ0n) is 15.7. The number of esters is 1. The first kappa shape index (κ1) is 20.4. The molecule has 0 atom stereocenters. The van der Waals surface area contributed by atoms with Crippen molar-refractivity contribution in [2.75, 3.05) is 5.32 Å². The van der Waals surface area contributed by atoms with Crippen molar-refractivity contribution in [1.29, 1.82) is 0 Å². The van der Waals surface area contributed by atoms with Crippen LogP contribution in [0.25, 0.3) is 6.08 Å². The summed E-state index contributed by atoms with van der Waals surface area (Å²) >= 11 is 0.975. The predicted octanol–water partition coefficient (Wildman–Crippen LogP) is 3.68. The van der Waals surface area contributed by atoms with Crippen molar-refractivity contribution in [1.82, 2.24) is 0 Å². The molecule has 0 saturated carbocycles. The van der Waals surface area contributed by atoms with Gasteiger partial charge in [-0.25, -0.2) is 4.79 Å². The van der Waals surface area contributed by atoms with E-state index in [4.69, 9.17) is 10.5 Å². The zero-order valence-corrected chi connectivity index (χ0v) is 16.5. The zero-order chi connectivity index (χ0) is 20.1. The first-order valence-electron chi connectivity index (χ1n) is 8.39. The molecule has 2 rings (SSSR count). The third kappa shape index (κ3) is 5.27. The van der Waals surface area contributed by atoms with Crippen LogP contribution < -0.4 is 11.1 Å². The van der Waals surface area contributed by atoms with E-state index in [9.17, 15) is 14.4 Å². The Labute approximate surface area is 162 Å². The lowest BCUT2D eigenvalue weighted by Gasteiger charge is -2.06. The van der Waals surface area contributed by atoms with Crippen molar-refractivity contribution in [2.24, 2.45) is 5.73 Å². The van der Waals surface area contributed by atoms with Crippen LogP contribution in [0.2, 0.25) is 0 Å². The molecular formula is C20H22N2O4S. The summed E-state index contributed by atoms with van der Waals surface area (Å²) in [5.41, 5.74) is 7.94. The highest BCUT2D eigenvalue weighted by Crippen LogP contribution is 2.33. The normalized spacial score (nSPS) is 11.0. The summed E-state index contributed by atoms with van der Waals surface area (Å²) in [6, 6.07) is 7.67. The molecule has 0 bridgehead atoms. The lowest BCUT2D eigenvalue weighted by atomic mass is 10.1. The molecule has 142 valence electrons. The Balaban J connectivity index is 2.23. The highest BCUT2D eigenvalue weighted by Gasteiger charge is 2.25. The first-order chi connectivity index (χ1) is 12.7. The summed E-state index contributed by atoms with van der Waals surface area (Å²) in [5.74, 6) is -1.70. The average Bonchev–Trinajstić information content (AvgIpc) is 2.90. The topological polar surface area (TPSA) is 98.5 Å². The number of hydrogen-bond donors (Lipinski definition) is 2. The van der Waals surface area contributed by atoms with Crippen molar-refractivity contribution in [2.45, 2.75) is 33.8 Å². The van der Waals surface area contributed by atoms with Crippen LogP contribution in [0.15, 0.2) is 30.3 Å². The number of ether oxygens (including phenoxy) is 1. The fraction of sp³-hybridized carbons (Fsp3) is 0.250. The molecule has 1 heterocycles. The minimum absolute atomic E-state index is 0.118. The summed E-state index contributed by atoms with van der Waals surface area (Å²) in [5, 5.41) is 2.86. The van der Waals surface area contributed by atoms with Crippen LogP contribution in [0, 0.1) is 13.8 Å². The number of benzene rings is 1. The van der Waals surface area contributed by atoms with Gasteiger partial charge in [0.05, 0.1) is 11.7 Å². The second-order valence-corrected chi connectivity index (χ2v) is 7.33. The Morgan fingerprint density at radius 1 is 1.15 bits per heavy atom. The Bertz CT molecular complexity index is 895. The summed E-state index contributed by atoms with van der Waals surface area (Å²) in [7, 11) is 0. The molecule has 0 aliphatic heterocycles. The van der Waals surface area contributed by atoms with Gasteiger partial charge < -0.3 is 15.8 Å². The third-order valence-corrected chi connectivity index (χ3v) is 4.85. The van der Waals surface area contributed by atoms with Gasteiger partial charge >= 0.3 is 5.97 Å². The Morgan fingerprint density at radius 3 is 2.33 bits per heavy atom. The molecule has 0 aliphatic carbocycles. The van der Waals surface area contributed by atoms with Crippen LogP contribution in [0.3, 0.4) is 0 Å².